The second kappa shape index (κ2) is 9.36. The molecule has 0 aliphatic heterocycles. The van der Waals surface area contributed by atoms with Gasteiger partial charge in [0.1, 0.15) is 0 Å². The van der Waals surface area contributed by atoms with Crippen LogP contribution in [-0.2, 0) is 6.42 Å². The molecular formula is C27H22Cl2N4. The van der Waals surface area contributed by atoms with Crippen molar-refractivity contribution in [3.8, 4) is 0 Å². The summed E-state index contributed by atoms with van der Waals surface area (Å²) in [7, 11) is 0. The third kappa shape index (κ3) is 4.51. The van der Waals surface area contributed by atoms with Crippen molar-refractivity contribution in [1.82, 2.24) is 9.97 Å². The molecule has 2 aromatic heterocycles. The van der Waals surface area contributed by atoms with Gasteiger partial charge in [-0.2, -0.15) is 0 Å². The molecule has 3 N–H and O–H groups in total. The number of rotatable bonds is 6. The van der Waals surface area contributed by atoms with Crippen LogP contribution < -0.4 is 11.1 Å². The summed E-state index contributed by atoms with van der Waals surface area (Å²) in [6.07, 6.45) is 4.42. The third-order valence-electron chi connectivity index (χ3n) is 5.88. The first-order chi connectivity index (χ1) is 16.1. The van der Waals surface area contributed by atoms with Gasteiger partial charge in [0.25, 0.3) is 0 Å². The van der Waals surface area contributed by atoms with Crippen molar-refractivity contribution in [3.05, 3.63) is 112 Å². The monoisotopic (exact) mass is 472 g/mol. The van der Waals surface area contributed by atoms with Gasteiger partial charge in [0.2, 0.25) is 0 Å². The maximum absolute atomic E-state index is 6.79. The lowest BCUT2D eigenvalue weighted by molar-refractivity contribution is 0.848. The van der Waals surface area contributed by atoms with Crippen molar-refractivity contribution in [2.24, 2.45) is 5.73 Å². The second-order valence-corrected chi connectivity index (χ2v) is 8.81. The predicted molar refractivity (Wildman–Crippen MR) is 138 cm³/mol. The van der Waals surface area contributed by atoms with Crippen molar-refractivity contribution in [1.29, 1.82) is 0 Å². The summed E-state index contributed by atoms with van der Waals surface area (Å²) in [5.74, 6) is 0. The largest absolute Gasteiger partial charge is 0.384 e. The molecule has 0 aliphatic carbocycles. The Kier molecular flexibility index (Phi) is 6.14. The van der Waals surface area contributed by atoms with Gasteiger partial charge < -0.3 is 11.1 Å². The van der Waals surface area contributed by atoms with E-state index in [2.05, 4.69) is 33.5 Å². The zero-order valence-corrected chi connectivity index (χ0v) is 19.3. The number of aromatic nitrogens is 2. The molecule has 0 spiro atoms. The Hall–Kier alpha value is -3.18. The molecule has 0 fully saturated rings. The average Bonchev–Trinajstić information content (AvgIpc) is 2.83. The highest BCUT2D eigenvalue weighted by atomic mass is 35.5. The molecule has 5 rings (SSSR count). The minimum Gasteiger partial charge on any atom is -0.384 e. The SMILES string of the molecule is NC(c1ccccc1CCNc1ccnc2cc(Cl)ccc12)c1ccnc2cc(Cl)ccc12. The topological polar surface area (TPSA) is 63.8 Å². The van der Waals surface area contributed by atoms with Gasteiger partial charge in [-0.3, -0.25) is 9.97 Å². The quantitative estimate of drug-likeness (QED) is 0.285. The van der Waals surface area contributed by atoms with E-state index in [4.69, 9.17) is 28.9 Å². The Morgan fingerprint density at radius 2 is 1.42 bits per heavy atom. The zero-order valence-electron chi connectivity index (χ0n) is 17.8. The predicted octanol–water partition coefficient (Wildman–Crippen LogP) is 6.79. The minimum atomic E-state index is -0.267. The number of halogens is 2. The maximum atomic E-state index is 6.79. The fraction of sp³-hybridized carbons (Fsp3) is 0.111. The third-order valence-corrected chi connectivity index (χ3v) is 6.35. The summed E-state index contributed by atoms with van der Waals surface area (Å²) in [6, 6.07) is 23.5. The molecular weight excluding hydrogens is 451 g/mol. The number of benzene rings is 3. The normalized spacial score (nSPS) is 12.2. The highest BCUT2D eigenvalue weighted by molar-refractivity contribution is 6.31. The van der Waals surface area contributed by atoms with E-state index in [1.165, 1.54) is 5.56 Å². The van der Waals surface area contributed by atoms with Gasteiger partial charge >= 0.3 is 0 Å². The number of anilines is 1. The second-order valence-electron chi connectivity index (χ2n) is 7.93. The van der Waals surface area contributed by atoms with Crippen molar-refractivity contribution >= 4 is 50.7 Å². The van der Waals surface area contributed by atoms with E-state index >= 15 is 0 Å². The molecule has 0 bridgehead atoms. The number of nitrogens with one attached hydrogen (secondary N) is 1. The van der Waals surface area contributed by atoms with Gasteiger partial charge in [0.15, 0.2) is 0 Å². The number of pyridine rings is 2. The molecule has 33 heavy (non-hydrogen) atoms. The Labute approximate surface area is 202 Å². The van der Waals surface area contributed by atoms with Crippen LogP contribution in [0.5, 0.6) is 0 Å². The number of hydrogen-bond donors (Lipinski definition) is 2. The van der Waals surface area contributed by atoms with Gasteiger partial charge in [-0.05, 0) is 65.6 Å². The zero-order chi connectivity index (χ0) is 22.8. The van der Waals surface area contributed by atoms with Crippen LogP contribution in [0.3, 0.4) is 0 Å². The summed E-state index contributed by atoms with van der Waals surface area (Å²) in [5, 5.41) is 6.96. The molecule has 4 nitrogen and oxygen atoms in total. The van der Waals surface area contributed by atoms with Crippen LogP contribution in [0, 0.1) is 0 Å². The lowest BCUT2D eigenvalue weighted by atomic mass is 9.92. The smallest absolute Gasteiger partial charge is 0.0737 e. The van der Waals surface area contributed by atoms with E-state index in [-0.39, 0.29) is 6.04 Å². The number of nitrogens with zero attached hydrogens (tertiary/aromatic N) is 2. The van der Waals surface area contributed by atoms with Gasteiger partial charge in [-0.1, -0.05) is 53.5 Å². The molecule has 1 atom stereocenters. The lowest BCUT2D eigenvalue weighted by Gasteiger charge is -2.19. The lowest BCUT2D eigenvalue weighted by Crippen LogP contribution is -2.16. The van der Waals surface area contributed by atoms with Gasteiger partial charge in [-0.15, -0.1) is 0 Å². The molecule has 3 aromatic carbocycles. The summed E-state index contributed by atoms with van der Waals surface area (Å²) in [5.41, 5.74) is 12.9. The van der Waals surface area contributed by atoms with E-state index in [0.29, 0.717) is 10.0 Å². The molecule has 0 amide bonds. The van der Waals surface area contributed by atoms with Crippen LogP contribution in [0.2, 0.25) is 10.0 Å². The Morgan fingerprint density at radius 3 is 2.21 bits per heavy atom. The summed E-state index contributed by atoms with van der Waals surface area (Å²) in [4.78, 5) is 8.87. The first-order valence-corrected chi connectivity index (χ1v) is 11.5. The van der Waals surface area contributed by atoms with Crippen molar-refractivity contribution in [2.45, 2.75) is 12.5 Å². The fourth-order valence-corrected chi connectivity index (χ4v) is 4.59. The number of hydrogen-bond acceptors (Lipinski definition) is 4. The first kappa shape index (κ1) is 21.7. The number of nitrogens with two attached hydrogens (primary N) is 1. The molecule has 0 saturated carbocycles. The van der Waals surface area contributed by atoms with Crippen LogP contribution in [0.1, 0.15) is 22.7 Å². The van der Waals surface area contributed by atoms with E-state index in [1.807, 2.05) is 54.6 Å². The summed E-state index contributed by atoms with van der Waals surface area (Å²) < 4.78 is 0. The Bertz CT molecular complexity index is 1450. The Balaban J connectivity index is 1.39. The van der Waals surface area contributed by atoms with Crippen LogP contribution >= 0.6 is 23.2 Å². The van der Waals surface area contributed by atoms with E-state index in [0.717, 1.165) is 51.6 Å². The molecule has 164 valence electrons. The Morgan fingerprint density at radius 1 is 0.758 bits per heavy atom. The number of fused-ring (bicyclic) bond motifs is 2. The van der Waals surface area contributed by atoms with E-state index in [1.54, 1.807) is 12.4 Å². The van der Waals surface area contributed by atoms with Crippen molar-refractivity contribution in [3.63, 3.8) is 0 Å². The molecule has 0 saturated heterocycles. The van der Waals surface area contributed by atoms with E-state index in [9.17, 15) is 0 Å². The van der Waals surface area contributed by atoms with Crippen molar-refractivity contribution in [2.75, 3.05) is 11.9 Å². The molecule has 6 heteroatoms. The van der Waals surface area contributed by atoms with Gasteiger partial charge in [-0.25, -0.2) is 0 Å². The van der Waals surface area contributed by atoms with Gasteiger partial charge in [0.05, 0.1) is 17.1 Å². The van der Waals surface area contributed by atoms with Crippen LogP contribution in [0.4, 0.5) is 5.69 Å². The standard InChI is InChI=1S/C27H22Cl2N4/c28-18-5-7-21-22(10-13-32-25(21)15-18)27(30)20-4-2-1-3-17(20)9-12-31-24-11-14-33-26-16-19(29)6-8-23(24)26/h1-8,10-11,13-16,27H,9,12,30H2,(H,31,33). The van der Waals surface area contributed by atoms with Crippen LogP contribution in [0.25, 0.3) is 21.8 Å². The molecule has 2 heterocycles. The van der Waals surface area contributed by atoms with E-state index < -0.39 is 0 Å². The van der Waals surface area contributed by atoms with Crippen molar-refractivity contribution < 1.29 is 0 Å². The minimum absolute atomic E-state index is 0.267. The maximum Gasteiger partial charge on any atom is 0.0737 e. The van der Waals surface area contributed by atoms with Gasteiger partial charge in [0, 0.05) is 45.4 Å². The highest BCUT2D eigenvalue weighted by Crippen LogP contribution is 2.30. The molecule has 1 unspecified atom stereocenters. The van der Waals surface area contributed by atoms with Crippen LogP contribution in [0.15, 0.2) is 85.2 Å². The first-order valence-electron chi connectivity index (χ1n) is 10.8. The fourth-order valence-electron chi connectivity index (χ4n) is 4.25. The summed E-state index contributed by atoms with van der Waals surface area (Å²) in [6.45, 7) is 0.762. The average molecular weight is 473 g/mol. The molecule has 0 radical (unpaired) electrons. The molecule has 0 aliphatic rings. The summed E-state index contributed by atoms with van der Waals surface area (Å²) >= 11 is 12.3. The van der Waals surface area contributed by atoms with Crippen LogP contribution in [-0.4, -0.2) is 16.5 Å². The molecule has 5 aromatic rings. The highest BCUT2D eigenvalue weighted by Gasteiger charge is 2.16.